The van der Waals surface area contributed by atoms with E-state index in [1.54, 1.807) is 0 Å². The Morgan fingerprint density at radius 1 is 1.10 bits per heavy atom. The van der Waals surface area contributed by atoms with E-state index in [0.29, 0.717) is 12.3 Å². The SMILES string of the molecule is CCC(C)C(=O)CN(CC)c1cccc2ccccc12. The molecule has 0 aromatic heterocycles. The first-order valence-electron chi connectivity index (χ1n) is 7.42. The second-order valence-electron chi connectivity index (χ2n) is 5.29. The highest BCUT2D eigenvalue weighted by molar-refractivity contribution is 5.96. The molecule has 2 nitrogen and oxygen atoms in total. The predicted molar refractivity (Wildman–Crippen MR) is 86.3 cm³/mol. The van der Waals surface area contributed by atoms with E-state index in [4.69, 9.17) is 0 Å². The number of likely N-dealkylation sites (N-methyl/N-ethyl adjacent to an activating group) is 1. The molecular formula is C18H23NO. The minimum Gasteiger partial charge on any atom is -0.364 e. The number of carbonyl (C=O) groups is 1. The van der Waals surface area contributed by atoms with Gasteiger partial charge in [0.1, 0.15) is 0 Å². The fourth-order valence-electron chi connectivity index (χ4n) is 2.42. The van der Waals surface area contributed by atoms with Crippen molar-refractivity contribution in [3.8, 4) is 0 Å². The number of carbonyl (C=O) groups excluding carboxylic acids is 1. The highest BCUT2D eigenvalue weighted by Crippen LogP contribution is 2.26. The maximum absolute atomic E-state index is 12.2. The van der Waals surface area contributed by atoms with Crippen LogP contribution in [-0.4, -0.2) is 18.9 Å². The molecule has 0 bridgehead atoms. The first-order valence-corrected chi connectivity index (χ1v) is 7.42. The van der Waals surface area contributed by atoms with Crippen molar-refractivity contribution in [1.82, 2.24) is 0 Å². The minimum absolute atomic E-state index is 0.138. The molecule has 0 spiro atoms. The molecule has 2 aromatic carbocycles. The lowest BCUT2D eigenvalue weighted by molar-refractivity contribution is -0.121. The summed E-state index contributed by atoms with van der Waals surface area (Å²) in [5.41, 5.74) is 1.15. The van der Waals surface area contributed by atoms with E-state index in [9.17, 15) is 4.79 Å². The lowest BCUT2D eigenvalue weighted by Crippen LogP contribution is -2.32. The normalized spacial score (nSPS) is 12.3. The average molecular weight is 269 g/mol. The molecule has 0 amide bonds. The monoisotopic (exact) mass is 269 g/mol. The number of nitrogens with zero attached hydrogens (tertiary/aromatic N) is 1. The molecule has 0 aliphatic carbocycles. The first-order chi connectivity index (χ1) is 9.67. The summed E-state index contributed by atoms with van der Waals surface area (Å²) in [5, 5.41) is 2.44. The third-order valence-electron chi connectivity index (χ3n) is 4.00. The van der Waals surface area contributed by atoms with Gasteiger partial charge in [-0.2, -0.15) is 0 Å². The van der Waals surface area contributed by atoms with Crippen molar-refractivity contribution < 1.29 is 4.79 Å². The van der Waals surface area contributed by atoms with Crippen LogP contribution in [0.15, 0.2) is 42.5 Å². The van der Waals surface area contributed by atoms with Crippen LogP contribution in [0.25, 0.3) is 10.8 Å². The minimum atomic E-state index is 0.138. The van der Waals surface area contributed by atoms with Crippen LogP contribution in [0.5, 0.6) is 0 Å². The number of rotatable bonds is 6. The van der Waals surface area contributed by atoms with Crippen molar-refractivity contribution in [2.75, 3.05) is 18.0 Å². The molecule has 1 unspecified atom stereocenters. The molecule has 2 rings (SSSR count). The zero-order valence-electron chi connectivity index (χ0n) is 12.6. The van der Waals surface area contributed by atoms with Gasteiger partial charge in [-0.25, -0.2) is 0 Å². The number of benzene rings is 2. The van der Waals surface area contributed by atoms with Crippen molar-refractivity contribution in [2.24, 2.45) is 5.92 Å². The summed E-state index contributed by atoms with van der Waals surface area (Å²) in [4.78, 5) is 14.4. The number of anilines is 1. The zero-order chi connectivity index (χ0) is 14.5. The molecule has 1 atom stereocenters. The van der Waals surface area contributed by atoms with Crippen LogP contribution in [0.4, 0.5) is 5.69 Å². The van der Waals surface area contributed by atoms with Gasteiger partial charge in [0.25, 0.3) is 0 Å². The molecule has 0 aliphatic heterocycles. The summed E-state index contributed by atoms with van der Waals surface area (Å²) in [6, 6.07) is 14.6. The average Bonchev–Trinajstić information content (AvgIpc) is 2.51. The fourth-order valence-corrected chi connectivity index (χ4v) is 2.42. The van der Waals surface area contributed by atoms with Gasteiger partial charge in [0.15, 0.2) is 5.78 Å². The van der Waals surface area contributed by atoms with Gasteiger partial charge >= 0.3 is 0 Å². The Morgan fingerprint density at radius 2 is 1.80 bits per heavy atom. The Kier molecular flexibility index (Phi) is 4.78. The number of fused-ring (bicyclic) bond motifs is 1. The van der Waals surface area contributed by atoms with Gasteiger partial charge in [0.2, 0.25) is 0 Å². The summed E-state index contributed by atoms with van der Waals surface area (Å²) in [6.45, 7) is 7.53. The number of Topliss-reactive ketones (excluding diaryl/α,β-unsaturated/α-hetero) is 1. The van der Waals surface area contributed by atoms with Crippen LogP contribution in [-0.2, 0) is 4.79 Å². The Morgan fingerprint density at radius 3 is 2.50 bits per heavy atom. The van der Waals surface area contributed by atoms with E-state index in [0.717, 1.165) is 18.7 Å². The van der Waals surface area contributed by atoms with Gasteiger partial charge in [0.05, 0.1) is 6.54 Å². The second kappa shape index (κ2) is 6.56. The molecule has 0 saturated heterocycles. The van der Waals surface area contributed by atoms with Gasteiger partial charge in [-0.05, 0) is 24.8 Å². The summed E-state index contributed by atoms with van der Waals surface area (Å²) in [6.07, 6.45) is 0.909. The van der Waals surface area contributed by atoms with E-state index in [2.05, 4.69) is 55.1 Å². The zero-order valence-corrected chi connectivity index (χ0v) is 12.6. The molecule has 0 saturated carbocycles. The third-order valence-corrected chi connectivity index (χ3v) is 4.00. The second-order valence-corrected chi connectivity index (χ2v) is 5.29. The van der Waals surface area contributed by atoms with Crippen LogP contribution < -0.4 is 4.90 Å². The van der Waals surface area contributed by atoms with E-state index >= 15 is 0 Å². The lowest BCUT2D eigenvalue weighted by atomic mass is 10.0. The third kappa shape index (κ3) is 3.01. The quantitative estimate of drug-likeness (QED) is 0.780. The van der Waals surface area contributed by atoms with Gasteiger partial charge in [-0.1, -0.05) is 50.2 Å². The van der Waals surface area contributed by atoms with Crippen LogP contribution in [0.1, 0.15) is 27.2 Å². The molecular weight excluding hydrogens is 246 g/mol. The fraction of sp³-hybridized carbons (Fsp3) is 0.389. The summed E-state index contributed by atoms with van der Waals surface area (Å²) >= 11 is 0. The maximum Gasteiger partial charge on any atom is 0.154 e. The van der Waals surface area contributed by atoms with Crippen molar-refractivity contribution in [3.05, 3.63) is 42.5 Å². The molecule has 0 N–H and O–H groups in total. The van der Waals surface area contributed by atoms with Crippen molar-refractivity contribution in [1.29, 1.82) is 0 Å². The van der Waals surface area contributed by atoms with Crippen molar-refractivity contribution >= 4 is 22.2 Å². The highest BCUT2D eigenvalue weighted by Gasteiger charge is 2.16. The van der Waals surface area contributed by atoms with Crippen LogP contribution in [0, 0.1) is 5.92 Å². The van der Waals surface area contributed by atoms with E-state index in [-0.39, 0.29) is 5.92 Å². The molecule has 0 fully saturated rings. The van der Waals surface area contributed by atoms with Gasteiger partial charge in [-0.3, -0.25) is 4.79 Å². The smallest absolute Gasteiger partial charge is 0.154 e. The standard InChI is InChI=1S/C18H23NO/c1-4-14(3)18(20)13-19(5-2)17-12-8-10-15-9-6-7-11-16(15)17/h6-12,14H,4-5,13H2,1-3H3. The predicted octanol–water partition coefficient (Wildman–Crippen LogP) is 4.28. The van der Waals surface area contributed by atoms with Gasteiger partial charge in [0, 0.05) is 23.5 Å². The number of ketones is 1. The number of hydrogen-bond acceptors (Lipinski definition) is 2. The number of hydrogen-bond donors (Lipinski definition) is 0. The van der Waals surface area contributed by atoms with E-state index < -0.39 is 0 Å². The van der Waals surface area contributed by atoms with Crippen LogP contribution in [0.3, 0.4) is 0 Å². The van der Waals surface area contributed by atoms with Crippen LogP contribution in [0.2, 0.25) is 0 Å². The highest BCUT2D eigenvalue weighted by atomic mass is 16.1. The Balaban J connectivity index is 2.32. The lowest BCUT2D eigenvalue weighted by Gasteiger charge is -2.25. The largest absolute Gasteiger partial charge is 0.364 e. The molecule has 2 aromatic rings. The molecule has 0 aliphatic rings. The van der Waals surface area contributed by atoms with Crippen molar-refractivity contribution in [3.63, 3.8) is 0 Å². The molecule has 0 radical (unpaired) electrons. The molecule has 20 heavy (non-hydrogen) atoms. The molecule has 106 valence electrons. The topological polar surface area (TPSA) is 20.3 Å². The van der Waals surface area contributed by atoms with E-state index in [1.807, 2.05) is 13.0 Å². The Bertz CT molecular complexity index is 585. The van der Waals surface area contributed by atoms with Gasteiger partial charge < -0.3 is 4.90 Å². The summed E-state index contributed by atoms with van der Waals surface area (Å²) in [7, 11) is 0. The Hall–Kier alpha value is -1.83. The molecule has 2 heteroatoms. The van der Waals surface area contributed by atoms with Gasteiger partial charge in [-0.15, -0.1) is 0 Å². The first kappa shape index (κ1) is 14.6. The Labute approximate surface area is 121 Å². The van der Waals surface area contributed by atoms with E-state index in [1.165, 1.54) is 10.8 Å². The maximum atomic E-state index is 12.2. The summed E-state index contributed by atoms with van der Waals surface area (Å²) in [5.74, 6) is 0.460. The van der Waals surface area contributed by atoms with Crippen molar-refractivity contribution in [2.45, 2.75) is 27.2 Å². The van der Waals surface area contributed by atoms with Crippen LogP contribution >= 0.6 is 0 Å². The molecule has 0 heterocycles. The summed E-state index contributed by atoms with van der Waals surface area (Å²) < 4.78 is 0.